The highest BCUT2D eigenvalue weighted by Crippen LogP contribution is 2.30. The van der Waals surface area contributed by atoms with E-state index in [2.05, 4.69) is 10.6 Å². The summed E-state index contributed by atoms with van der Waals surface area (Å²) in [5.41, 5.74) is 1.75. The molecule has 1 fully saturated rings. The summed E-state index contributed by atoms with van der Waals surface area (Å²) in [7, 11) is 0. The summed E-state index contributed by atoms with van der Waals surface area (Å²) in [6.45, 7) is 3.73. The van der Waals surface area contributed by atoms with Gasteiger partial charge in [-0.3, -0.25) is 0 Å². The van der Waals surface area contributed by atoms with E-state index in [-0.39, 0.29) is 5.97 Å². The second kappa shape index (κ2) is 5.67. The van der Waals surface area contributed by atoms with E-state index in [1.54, 1.807) is 0 Å². The fourth-order valence-electron chi connectivity index (χ4n) is 2.87. The normalized spacial score (nSPS) is 16.4. The standard InChI is InChI=1S/C16H19NO3/c1-2-20-16(18)15-11-12-5-3-4-6-14(12)17(15)13-7-9-19-10-8-13/h3-6,11,13H,2,7-10H2,1H3. The van der Waals surface area contributed by atoms with Crippen LogP contribution in [0.25, 0.3) is 10.9 Å². The molecular weight excluding hydrogens is 254 g/mol. The number of aromatic nitrogens is 1. The Morgan fingerprint density at radius 1 is 1.35 bits per heavy atom. The third-order valence-electron chi connectivity index (χ3n) is 3.79. The molecule has 0 aliphatic carbocycles. The van der Waals surface area contributed by atoms with Crippen LogP contribution in [0.3, 0.4) is 0 Å². The van der Waals surface area contributed by atoms with Crippen LogP contribution in [-0.4, -0.2) is 30.4 Å². The van der Waals surface area contributed by atoms with Crippen molar-refractivity contribution in [2.45, 2.75) is 25.8 Å². The van der Waals surface area contributed by atoms with Crippen LogP contribution in [-0.2, 0) is 9.47 Å². The third kappa shape index (κ3) is 2.31. The summed E-state index contributed by atoms with van der Waals surface area (Å²) < 4.78 is 12.8. The molecule has 0 amide bonds. The molecule has 0 spiro atoms. The first-order valence-electron chi connectivity index (χ1n) is 7.16. The minimum Gasteiger partial charge on any atom is -0.461 e. The van der Waals surface area contributed by atoms with Crippen molar-refractivity contribution in [1.29, 1.82) is 0 Å². The Morgan fingerprint density at radius 2 is 2.10 bits per heavy atom. The lowest BCUT2D eigenvalue weighted by Gasteiger charge is -2.26. The van der Waals surface area contributed by atoms with Crippen molar-refractivity contribution in [2.75, 3.05) is 19.8 Å². The third-order valence-corrected chi connectivity index (χ3v) is 3.79. The van der Waals surface area contributed by atoms with E-state index in [9.17, 15) is 4.79 Å². The van der Waals surface area contributed by atoms with Crippen LogP contribution in [0.15, 0.2) is 30.3 Å². The van der Waals surface area contributed by atoms with Crippen LogP contribution in [0.2, 0.25) is 0 Å². The summed E-state index contributed by atoms with van der Waals surface area (Å²) in [5.74, 6) is -0.241. The summed E-state index contributed by atoms with van der Waals surface area (Å²) in [4.78, 5) is 12.2. The maximum atomic E-state index is 12.2. The molecule has 1 aromatic heterocycles. The second-order valence-electron chi connectivity index (χ2n) is 5.02. The summed E-state index contributed by atoms with van der Waals surface area (Å²) in [6.07, 6.45) is 1.87. The van der Waals surface area contributed by atoms with Gasteiger partial charge in [0.05, 0.1) is 6.61 Å². The number of benzene rings is 1. The molecule has 0 radical (unpaired) electrons. The van der Waals surface area contributed by atoms with Gasteiger partial charge in [0.25, 0.3) is 0 Å². The molecule has 1 aliphatic rings. The van der Waals surface area contributed by atoms with Gasteiger partial charge in [-0.25, -0.2) is 4.79 Å². The van der Waals surface area contributed by atoms with Gasteiger partial charge in [0.2, 0.25) is 0 Å². The summed E-state index contributed by atoms with van der Waals surface area (Å²) >= 11 is 0. The zero-order valence-corrected chi connectivity index (χ0v) is 11.7. The zero-order valence-electron chi connectivity index (χ0n) is 11.7. The van der Waals surface area contributed by atoms with Crippen LogP contribution >= 0.6 is 0 Å². The lowest BCUT2D eigenvalue weighted by Crippen LogP contribution is -2.23. The molecule has 1 saturated heterocycles. The fraction of sp³-hybridized carbons (Fsp3) is 0.438. The number of esters is 1. The first kappa shape index (κ1) is 13.2. The quantitative estimate of drug-likeness (QED) is 0.806. The predicted octanol–water partition coefficient (Wildman–Crippen LogP) is 3.17. The highest BCUT2D eigenvalue weighted by molar-refractivity contribution is 5.95. The minimum atomic E-state index is -0.241. The zero-order chi connectivity index (χ0) is 13.9. The van der Waals surface area contributed by atoms with Crippen molar-refractivity contribution in [1.82, 2.24) is 4.57 Å². The number of hydrogen-bond donors (Lipinski definition) is 0. The average Bonchev–Trinajstić information content (AvgIpc) is 2.88. The SMILES string of the molecule is CCOC(=O)c1cc2ccccc2n1C1CCOCC1. The molecule has 1 aliphatic heterocycles. The highest BCUT2D eigenvalue weighted by atomic mass is 16.5. The van der Waals surface area contributed by atoms with E-state index in [0.717, 1.165) is 37.0 Å². The Hall–Kier alpha value is -1.81. The number of fused-ring (bicyclic) bond motifs is 1. The van der Waals surface area contributed by atoms with Crippen LogP contribution in [0, 0.1) is 0 Å². The van der Waals surface area contributed by atoms with Crippen molar-refractivity contribution in [3.8, 4) is 0 Å². The van der Waals surface area contributed by atoms with Gasteiger partial charge < -0.3 is 14.0 Å². The molecule has 0 bridgehead atoms. The van der Waals surface area contributed by atoms with Crippen LogP contribution < -0.4 is 0 Å². The van der Waals surface area contributed by atoms with E-state index < -0.39 is 0 Å². The van der Waals surface area contributed by atoms with Gasteiger partial charge in [-0.15, -0.1) is 0 Å². The maximum Gasteiger partial charge on any atom is 0.354 e. The first-order valence-corrected chi connectivity index (χ1v) is 7.16. The Bertz CT molecular complexity index is 611. The Morgan fingerprint density at radius 3 is 2.85 bits per heavy atom. The van der Waals surface area contributed by atoms with Crippen molar-refractivity contribution in [2.24, 2.45) is 0 Å². The van der Waals surface area contributed by atoms with Crippen molar-refractivity contribution >= 4 is 16.9 Å². The number of carbonyl (C=O) groups is 1. The average molecular weight is 273 g/mol. The number of ether oxygens (including phenoxy) is 2. The van der Waals surface area contributed by atoms with Crippen molar-refractivity contribution < 1.29 is 14.3 Å². The lowest BCUT2D eigenvalue weighted by atomic mass is 10.1. The molecule has 2 aromatic rings. The molecule has 0 N–H and O–H groups in total. The molecule has 106 valence electrons. The van der Waals surface area contributed by atoms with Crippen LogP contribution in [0.4, 0.5) is 0 Å². The van der Waals surface area contributed by atoms with E-state index in [4.69, 9.17) is 9.47 Å². The Balaban J connectivity index is 2.09. The smallest absolute Gasteiger partial charge is 0.354 e. The van der Waals surface area contributed by atoms with Gasteiger partial charge in [0.15, 0.2) is 0 Å². The van der Waals surface area contributed by atoms with Gasteiger partial charge in [-0.2, -0.15) is 0 Å². The molecule has 4 nitrogen and oxygen atoms in total. The predicted molar refractivity (Wildman–Crippen MR) is 77.0 cm³/mol. The monoisotopic (exact) mass is 273 g/mol. The van der Waals surface area contributed by atoms with Crippen LogP contribution in [0.5, 0.6) is 0 Å². The molecule has 3 rings (SSSR count). The van der Waals surface area contributed by atoms with Crippen molar-refractivity contribution in [3.05, 3.63) is 36.0 Å². The van der Waals surface area contributed by atoms with Gasteiger partial charge in [0, 0.05) is 30.2 Å². The molecule has 2 heterocycles. The van der Waals surface area contributed by atoms with Gasteiger partial charge in [-0.05, 0) is 31.9 Å². The van der Waals surface area contributed by atoms with E-state index in [0.29, 0.717) is 18.3 Å². The molecule has 4 heteroatoms. The maximum absolute atomic E-state index is 12.2. The second-order valence-corrected chi connectivity index (χ2v) is 5.02. The molecule has 1 aromatic carbocycles. The van der Waals surface area contributed by atoms with E-state index in [1.807, 2.05) is 31.2 Å². The molecule has 0 saturated carbocycles. The van der Waals surface area contributed by atoms with Gasteiger partial charge in [0.1, 0.15) is 5.69 Å². The number of hydrogen-bond acceptors (Lipinski definition) is 3. The minimum absolute atomic E-state index is 0.241. The number of para-hydroxylation sites is 1. The number of rotatable bonds is 3. The lowest BCUT2D eigenvalue weighted by molar-refractivity contribution is 0.0484. The number of carbonyl (C=O) groups excluding carboxylic acids is 1. The van der Waals surface area contributed by atoms with Gasteiger partial charge in [-0.1, -0.05) is 18.2 Å². The highest BCUT2D eigenvalue weighted by Gasteiger charge is 2.24. The van der Waals surface area contributed by atoms with E-state index in [1.165, 1.54) is 0 Å². The molecule has 0 atom stereocenters. The molecule has 20 heavy (non-hydrogen) atoms. The fourth-order valence-corrected chi connectivity index (χ4v) is 2.87. The largest absolute Gasteiger partial charge is 0.461 e. The topological polar surface area (TPSA) is 40.5 Å². The Labute approximate surface area is 118 Å². The van der Waals surface area contributed by atoms with Crippen LogP contribution in [0.1, 0.15) is 36.3 Å². The van der Waals surface area contributed by atoms with Gasteiger partial charge >= 0.3 is 5.97 Å². The van der Waals surface area contributed by atoms with E-state index >= 15 is 0 Å². The molecule has 0 unspecified atom stereocenters. The Kier molecular flexibility index (Phi) is 3.74. The first-order chi connectivity index (χ1) is 9.81. The number of nitrogens with zero attached hydrogens (tertiary/aromatic N) is 1. The van der Waals surface area contributed by atoms with Crippen molar-refractivity contribution in [3.63, 3.8) is 0 Å². The summed E-state index contributed by atoms with van der Waals surface area (Å²) in [6, 6.07) is 10.3. The molecular formula is C16H19NO3. The summed E-state index contributed by atoms with van der Waals surface area (Å²) in [5, 5.41) is 1.09.